The zero-order valence-corrected chi connectivity index (χ0v) is 20.4. The fourth-order valence-electron chi connectivity index (χ4n) is 5.80. The molecule has 2 aromatic rings. The Morgan fingerprint density at radius 1 is 1.33 bits per heavy atom. The highest BCUT2D eigenvalue weighted by Gasteiger charge is 2.42. The summed E-state index contributed by atoms with van der Waals surface area (Å²) in [5.41, 5.74) is 5.02. The van der Waals surface area contributed by atoms with E-state index >= 15 is 0 Å². The molecule has 33 heavy (non-hydrogen) atoms. The Labute approximate surface area is 198 Å². The van der Waals surface area contributed by atoms with E-state index in [-0.39, 0.29) is 11.9 Å². The van der Waals surface area contributed by atoms with Crippen LogP contribution in [0, 0.1) is 5.92 Å². The summed E-state index contributed by atoms with van der Waals surface area (Å²) in [6.07, 6.45) is 7.18. The number of hydrogen-bond donors (Lipinski definition) is 2. The van der Waals surface area contributed by atoms with Gasteiger partial charge in [0.15, 0.2) is 0 Å². The van der Waals surface area contributed by atoms with E-state index in [1.807, 2.05) is 17.9 Å². The molecular formula is C27H39N5O. The third-order valence-corrected chi connectivity index (χ3v) is 7.32. The van der Waals surface area contributed by atoms with Crippen molar-refractivity contribution in [1.29, 1.82) is 0 Å². The Balaban J connectivity index is 1.61. The number of aromatic nitrogens is 1. The van der Waals surface area contributed by atoms with Crippen molar-refractivity contribution in [3.05, 3.63) is 60.5 Å². The number of H-pyrrole nitrogens is 1. The lowest BCUT2D eigenvalue weighted by Crippen LogP contribution is -2.52. The van der Waals surface area contributed by atoms with E-state index < -0.39 is 0 Å². The molecule has 0 bridgehead atoms. The Kier molecular flexibility index (Phi) is 7.25. The molecule has 6 nitrogen and oxygen atoms in total. The number of amides is 2. The maximum atomic E-state index is 13.0. The van der Waals surface area contributed by atoms with Gasteiger partial charge in [0.25, 0.3) is 0 Å². The summed E-state index contributed by atoms with van der Waals surface area (Å²) >= 11 is 0. The molecule has 1 saturated heterocycles. The van der Waals surface area contributed by atoms with E-state index in [0.29, 0.717) is 25.0 Å². The number of carbonyl (C=O) groups is 1. The first-order valence-electron chi connectivity index (χ1n) is 12.3. The maximum absolute atomic E-state index is 13.0. The average molecular weight is 450 g/mol. The molecule has 2 N–H and O–H groups in total. The van der Waals surface area contributed by atoms with Crippen LogP contribution < -0.4 is 5.32 Å². The second-order valence-corrected chi connectivity index (χ2v) is 9.77. The summed E-state index contributed by atoms with van der Waals surface area (Å²) in [6, 6.07) is 7.06. The number of rotatable bonds is 9. The molecule has 1 aliphatic heterocycles. The van der Waals surface area contributed by atoms with Gasteiger partial charge >= 0.3 is 6.03 Å². The Bertz CT molecular complexity index is 1010. The molecule has 1 aliphatic carbocycles. The highest BCUT2D eigenvalue weighted by molar-refractivity contribution is 5.88. The van der Waals surface area contributed by atoms with E-state index in [1.54, 1.807) is 0 Å². The van der Waals surface area contributed by atoms with Crippen LogP contribution in [0.25, 0.3) is 10.9 Å². The lowest BCUT2D eigenvalue weighted by atomic mass is 9.71. The van der Waals surface area contributed by atoms with Gasteiger partial charge in [-0.1, -0.05) is 24.8 Å². The molecule has 2 unspecified atom stereocenters. The molecule has 2 amide bonds. The molecule has 6 heteroatoms. The topological polar surface area (TPSA) is 54.6 Å². The normalized spacial score (nSPS) is 22.2. The van der Waals surface area contributed by atoms with E-state index in [1.165, 1.54) is 22.0 Å². The van der Waals surface area contributed by atoms with Gasteiger partial charge in [0.05, 0.1) is 0 Å². The number of nitrogens with one attached hydrogen (secondary N) is 2. The third kappa shape index (κ3) is 4.73. The molecular weight excluding hydrogens is 410 g/mol. The van der Waals surface area contributed by atoms with Crippen LogP contribution in [0.4, 0.5) is 4.79 Å². The number of nitrogens with zero attached hydrogens (tertiary/aromatic N) is 3. The second kappa shape index (κ2) is 10.1. The van der Waals surface area contributed by atoms with Gasteiger partial charge in [-0.3, -0.25) is 9.80 Å². The van der Waals surface area contributed by atoms with Gasteiger partial charge in [0.2, 0.25) is 0 Å². The standard InChI is InChI=1S/C27H39N5O/c1-6-12-31-18-21(19(3)32(27(33)28-7-2)14-9-13-30(4)5)15-23-22-10-8-11-24-26(22)20(17-29-24)16-25(23)31/h6,8,10-11,17,21,23,25,29H,1,3,7,9,12-16,18H2,2,4-5H3,(H,28,33)/t21?,23-,25?/m1/s1. The Morgan fingerprint density at radius 2 is 2.15 bits per heavy atom. The maximum Gasteiger partial charge on any atom is 0.321 e. The van der Waals surface area contributed by atoms with Crippen LogP contribution in [0.1, 0.15) is 36.8 Å². The van der Waals surface area contributed by atoms with Crippen LogP contribution in [0.15, 0.2) is 49.3 Å². The minimum atomic E-state index is -0.0303. The third-order valence-electron chi connectivity index (χ3n) is 7.32. The number of urea groups is 1. The van der Waals surface area contributed by atoms with Gasteiger partial charge < -0.3 is 15.2 Å². The number of carbonyl (C=O) groups excluding carboxylic acids is 1. The highest BCUT2D eigenvalue weighted by atomic mass is 16.2. The van der Waals surface area contributed by atoms with Gasteiger partial charge in [0.1, 0.15) is 0 Å². The minimum absolute atomic E-state index is 0.0303. The van der Waals surface area contributed by atoms with E-state index in [2.05, 4.69) is 71.7 Å². The summed E-state index contributed by atoms with van der Waals surface area (Å²) in [4.78, 5) is 23.1. The van der Waals surface area contributed by atoms with Crippen molar-refractivity contribution in [3.63, 3.8) is 0 Å². The first kappa shape index (κ1) is 23.6. The van der Waals surface area contributed by atoms with Crippen LogP contribution in [0.2, 0.25) is 0 Å². The van der Waals surface area contributed by atoms with Gasteiger partial charge in [-0.25, -0.2) is 4.79 Å². The predicted octanol–water partition coefficient (Wildman–Crippen LogP) is 4.18. The Morgan fingerprint density at radius 3 is 2.88 bits per heavy atom. The van der Waals surface area contributed by atoms with Crippen molar-refractivity contribution in [2.75, 3.05) is 46.8 Å². The molecule has 1 aromatic carbocycles. The second-order valence-electron chi connectivity index (χ2n) is 9.77. The van der Waals surface area contributed by atoms with Crippen molar-refractivity contribution >= 4 is 16.9 Å². The number of aromatic amines is 1. The molecule has 3 atom stereocenters. The lowest BCUT2D eigenvalue weighted by molar-refractivity contribution is 0.0983. The summed E-state index contributed by atoms with van der Waals surface area (Å²) < 4.78 is 0. The number of likely N-dealkylation sites (tertiary alicyclic amines) is 1. The zero-order valence-electron chi connectivity index (χ0n) is 20.4. The van der Waals surface area contributed by atoms with Crippen molar-refractivity contribution < 1.29 is 4.79 Å². The molecule has 0 spiro atoms. The number of piperidine rings is 1. The fourth-order valence-corrected chi connectivity index (χ4v) is 5.80. The minimum Gasteiger partial charge on any atom is -0.361 e. The van der Waals surface area contributed by atoms with Gasteiger partial charge in [-0.15, -0.1) is 6.58 Å². The largest absolute Gasteiger partial charge is 0.361 e. The lowest BCUT2D eigenvalue weighted by Gasteiger charge is -2.48. The van der Waals surface area contributed by atoms with Crippen molar-refractivity contribution in [1.82, 2.24) is 25.0 Å². The van der Waals surface area contributed by atoms with Gasteiger partial charge in [-0.05, 0) is 64.0 Å². The van der Waals surface area contributed by atoms with Crippen molar-refractivity contribution in [3.8, 4) is 0 Å². The van der Waals surface area contributed by atoms with Crippen LogP contribution >= 0.6 is 0 Å². The number of hydrogen-bond acceptors (Lipinski definition) is 3. The van der Waals surface area contributed by atoms with Crippen LogP contribution in [-0.4, -0.2) is 78.6 Å². The first-order chi connectivity index (χ1) is 15.9. The molecule has 1 fully saturated rings. The molecule has 0 radical (unpaired) electrons. The quantitative estimate of drug-likeness (QED) is 0.565. The SMILES string of the molecule is C=CCN1CC(C(=C)N(CCCN(C)C)C(=O)NCC)C[C@@H]2c3cccc4[nH]cc(c34)CC21. The monoisotopic (exact) mass is 449 g/mol. The van der Waals surface area contributed by atoms with Crippen LogP contribution in [-0.2, 0) is 6.42 Å². The van der Waals surface area contributed by atoms with E-state index in [0.717, 1.165) is 44.6 Å². The van der Waals surface area contributed by atoms with E-state index in [4.69, 9.17) is 0 Å². The van der Waals surface area contributed by atoms with Gasteiger partial charge in [0, 0.05) is 66.9 Å². The zero-order chi connectivity index (χ0) is 23.5. The molecule has 2 aliphatic rings. The molecule has 2 heterocycles. The van der Waals surface area contributed by atoms with Crippen molar-refractivity contribution in [2.24, 2.45) is 5.92 Å². The molecule has 0 saturated carbocycles. The van der Waals surface area contributed by atoms with Crippen LogP contribution in [0.5, 0.6) is 0 Å². The predicted molar refractivity (Wildman–Crippen MR) is 136 cm³/mol. The number of benzene rings is 1. The highest BCUT2D eigenvalue weighted by Crippen LogP contribution is 2.46. The summed E-state index contributed by atoms with van der Waals surface area (Å²) in [5, 5.41) is 4.40. The summed E-state index contributed by atoms with van der Waals surface area (Å²) in [5.74, 6) is 0.647. The number of fused-ring (bicyclic) bond motifs is 2. The van der Waals surface area contributed by atoms with E-state index in [9.17, 15) is 4.79 Å². The summed E-state index contributed by atoms with van der Waals surface area (Å²) in [6.45, 7) is 14.5. The van der Waals surface area contributed by atoms with Crippen molar-refractivity contribution in [2.45, 2.75) is 38.1 Å². The fraction of sp³-hybridized carbons (Fsp3) is 0.519. The molecule has 178 valence electrons. The molecule has 1 aromatic heterocycles. The van der Waals surface area contributed by atoms with Gasteiger partial charge in [-0.2, -0.15) is 0 Å². The summed E-state index contributed by atoms with van der Waals surface area (Å²) in [7, 11) is 4.14. The smallest absolute Gasteiger partial charge is 0.321 e. The first-order valence-corrected chi connectivity index (χ1v) is 12.3. The van der Waals surface area contributed by atoms with Crippen LogP contribution in [0.3, 0.4) is 0 Å². The molecule has 4 rings (SSSR count). The average Bonchev–Trinajstić information content (AvgIpc) is 3.21. The Hall–Kier alpha value is -2.57.